The summed E-state index contributed by atoms with van der Waals surface area (Å²) >= 11 is 0. The van der Waals surface area contributed by atoms with E-state index in [1.54, 1.807) is 6.20 Å². The van der Waals surface area contributed by atoms with E-state index in [2.05, 4.69) is 40.9 Å². The Morgan fingerprint density at radius 2 is 1.95 bits per heavy atom. The van der Waals surface area contributed by atoms with Crippen molar-refractivity contribution in [3.8, 4) is 0 Å². The molecule has 3 aliphatic rings. The second-order valence-electron chi connectivity index (χ2n) is 11.5. The summed E-state index contributed by atoms with van der Waals surface area (Å²) in [5, 5.41) is 3.51. The minimum Gasteiger partial charge on any atom is -0.311 e. The van der Waals surface area contributed by atoms with Gasteiger partial charge in [-0.1, -0.05) is 19.9 Å². The average molecular weight is 589 g/mol. The van der Waals surface area contributed by atoms with E-state index in [-0.39, 0.29) is 61.2 Å². The van der Waals surface area contributed by atoms with Gasteiger partial charge in [0.25, 0.3) is 0 Å². The van der Waals surface area contributed by atoms with Crippen LogP contribution in [-0.4, -0.2) is 84.8 Å². The lowest BCUT2D eigenvalue weighted by molar-refractivity contribution is -0.120. The first kappa shape index (κ1) is 31.6. The van der Waals surface area contributed by atoms with Crippen LogP contribution in [0.1, 0.15) is 44.0 Å². The van der Waals surface area contributed by atoms with Crippen LogP contribution in [0.2, 0.25) is 0 Å². The Balaban J connectivity index is 0.00000210. The Labute approximate surface area is 241 Å². The van der Waals surface area contributed by atoms with Gasteiger partial charge in [-0.3, -0.25) is 19.6 Å². The molecule has 0 bridgehead atoms. The normalized spacial score (nSPS) is 24.7. The molecule has 216 valence electrons. The Morgan fingerprint density at radius 3 is 2.64 bits per heavy atom. The minimum atomic E-state index is -0.764. The monoisotopic (exact) mass is 587 g/mol. The third-order valence-electron chi connectivity index (χ3n) is 7.95. The number of pyridine rings is 1. The minimum absolute atomic E-state index is 0. The van der Waals surface area contributed by atoms with E-state index >= 15 is 0 Å². The topological polar surface area (TPSA) is 51.7 Å². The summed E-state index contributed by atoms with van der Waals surface area (Å²) in [6, 6.07) is 5.82. The first-order valence-corrected chi connectivity index (χ1v) is 13.2. The number of benzene rings is 1. The van der Waals surface area contributed by atoms with Crippen molar-refractivity contribution in [3.63, 3.8) is 0 Å². The smallest absolute Gasteiger partial charge is 0.241 e. The highest BCUT2D eigenvalue weighted by Gasteiger charge is 2.40. The molecule has 1 amide bonds. The number of hydrogen-bond acceptors (Lipinski definition) is 5. The highest BCUT2D eigenvalue weighted by Crippen LogP contribution is 2.40. The number of hydrogen-bond donors (Lipinski definition) is 1. The number of carbonyl (C=O) groups is 1. The van der Waals surface area contributed by atoms with Crippen molar-refractivity contribution < 1.29 is 18.0 Å². The Bertz CT molecular complexity index is 1170. The molecular formula is C28H38Cl2F3N5O. The molecule has 0 saturated carbocycles. The van der Waals surface area contributed by atoms with Gasteiger partial charge in [-0.25, -0.2) is 13.2 Å². The standard InChI is InChI=1S/C28H36F3N5O.2ClH/c1-18-13-35(23(11-32-18)15-34-7-6-21(30)14-34)16-27(37)36-17-28(2,3)24-12-33-22(10-26(24)36)8-19-4-5-20(29)9-25(19)31;;/h4-5,9-10,12,18,21,23,32H,6-8,11,13-17H2,1-3H3;2*1H/t18-,21-,23-;;/m1../s1. The molecule has 1 N–H and O–H groups in total. The second-order valence-corrected chi connectivity index (χ2v) is 11.5. The zero-order chi connectivity index (χ0) is 26.3. The van der Waals surface area contributed by atoms with Crippen molar-refractivity contribution in [2.45, 2.75) is 57.3 Å². The van der Waals surface area contributed by atoms with Crippen LogP contribution in [0.4, 0.5) is 18.9 Å². The van der Waals surface area contributed by atoms with E-state index in [0.29, 0.717) is 30.8 Å². The molecule has 2 saturated heterocycles. The Kier molecular flexibility index (Phi) is 10.3. The van der Waals surface area contributed by atoms with Crippen molar-refractivity contribution >= 4 is 36.4 Å². The number of nitrogens with zero attached hydrogens (tertiary/aromatic N) is 4. The van der Waals surface area contributed by atoms with E-state index in [0.717, 1.165) is 43.5 Å². The third-order valence-corrected chi connectivity index (χ3v) is 7.95. The van der Waals surface area contributed by atoms with Crippen LogP contribution in [0, 0.1) is 11.6 Å². The predicted molar refractivity (Wildman–Crippen MR) is 152 cm³/mol. The van der Waals surface area contributed by atoms with Gasteiger partial charge in [0, 0.05) is 86.7 Å². The number of fused-ring (bicyclic) bond motifs is 1. The molecule has 5 rings (SSSR count). The van der Waals surface area contributed by atoms with E-state index in [1.807, 2.05) is 11.0 Å². The maximum Gasteiger partial charge on any atom is 0.241 e. The van der Waals surface area contributed by atoms with Crippen molar-refractivity contribution in [2.24, 2.45) is 0 Å². The Hall–Kier alpha value is -1.91. The lowest BCUT2D eigenvalue weighted by atomic mass is 9.88. The fourth-order valence-corrected chi connectivity index (χ4v) is 5.89. The number of aromatic nitrogens is 1. The number of piperazine rings is 1. The molecule has 1 aromatic carbocycles. The van der Waals surface area contributed by atoms with Gasteiger partial charge in [-0.2, -0.15) is 0 Å². The second kappa shape index (κ2) is 12.7. The Morgan fingerprint density at radius 1 is 1.18 bits per heavy atom. The van der Waals surface area contributed by atoms with Crippen molar-refractivity contribution in [3.05, 3.63) is 58.9 Å². The number of anilines is 1. The molecule has 0 radical (unpaired) electrons. The zero-order valence-electron chi connectivity index (χ0n) is 22.6. The maximum absolute atomic E-state index is 14.3. The summed E-state index contributed by atoms with van der Waals surface area (Å²) in [7, 11) is 0. The first-order valence-electron chi connectivity index (χ1n) is 13.2. The molecule has 2 fully saturated rings. The van der Waals surface area contributed by atoms with Gasteiger partial charge in [0.15, 0.2) is 0 Å². The molecule has 4 heterocycles. The lowest BCUT2D eigenvalue weighted by Gasteiger charge is -2.41. The fourth-order valence-electron chi connectivity index (χ4n) is 5.89. The van der Waals surface area contributed by atoms with E-state index < -0.39 is 17.8 Å². The van der Waals surface area contributed by atoms with Gasteiger partial charge < -0.3 is 10.2 Å². The predicted octanol–water partition coefficient (Wildman–Crippen LogP) is 4.12. The van der Waals surface area contributed by atoms with Gasteiger partial charge in [0.2, 0.25) is 5.91 Å². The fraction of sp³-hybridized carbons (Fsp3) is 0.571. The SMILES string of the molecule is C[C@@H]1CN(CC(=O)N2CC(C)(C)c3cnc(Cc4ccc(F)cc4F)cc32)[C@@H](CN2CC[C@@H](F)C2)CN1.Cl.Cl. The van der Waals surface area contributed by atoms with Gasteiger partial charge in [0.1, 0.15) is 17.8 Å². The summed E-state index contributed by atoms with van der Waals surface area (Å²) in [6.45, 7) is 10.6. The summed E-state index contributed by atoms with van der Waals surface area (Å²) in [5.41, 5.74) is 2.52. The molecule has 6 nitrogen and oxygen atoms in total. The van der Waals surface area contributed by atoms with Crippen LogP contribution in [-0.2, 0) is 16.6 Å². The van der Waals surface area contributed by atoms with Crippen LogP contribution in [0.5, 0.6) is 0 Å². The summed E-state index contributed by atoms with van der Waals surface area (Å²) in [6.07, 6.45) is 1.81. The molecule has 0 unspecified atom stereocenters. The maximum atomic E-state index is 14.3. The van der Waals surface area contributed by atoms with Gasteiger partial charge in [-0.05, 0) is 31.0 Å². The van der Waals surface area contributed by atoms with Crippen LogP contribution in [0.25, 0.3) is 0 Å². The third kappa shape index (κ3) is 7.06. The zero-order valence-corrected chi connectivity index (χ0v) is 24.3. The summed E-state index contributed by atoms with van der Waals surface area (Å²) in [5.74, 6) is -1.20. The molecule has 3 atom stereocenters. The largest absolute Gasteiger partial charge is 0.311 e. The van der Waals surface area contributed by atoms with Crippen LogP contribution in [0.15, 0.2) is 30.5 Å². The van der Waals surface area contributed by atoms with Crippen molar-refractivity contribution in [1.29, 1.82) is 0 Å². The molecule has 0 spiro atoms. The van der Waals surface area contributed by atoms with Crippen LogP contribution in [0.3, 0.4) is 0 Å². The summed E-state index contributed by atoms with van der Waals surface area (Å²) in [4.78, 5) is 24.5. The number of carbonyl (C=O) groups excluding carboxylic acids is 1. The number of alkyl halides is 1. The van der Waals surface area contributed by atoms with E-state index in [9.17, 15) is 18.0 Å². The lowest BCUT2D eigenvalue weighted by Crippen LogP contribution is -2.60. The number of rotatable bonds is 6. The number of likely N-dealkylation sites (tertiary alicyclic amines) is 1. The molecule has 11 heteroatoms. The molecule has 3 aliphatic heterocycles. The van der Waals surface area contributed by atoms with E-state index in [1.165, 1.54) is 12.1 Å². The van der Waals surface area contributed by atoms with E-state index in [4.69, 9.17) is 0 Å². The van der Waals surface area contributed by atoms with Gasteiger partial charge >= 0.3 is 0 Å². The van der Waals surface area contributed by atoms with Crippen LogP contribution >= 0.6 is 24.8 Å². The number of halogens is 5. The quantitative estimate of drug-likeness (QED) is 0.551. The van der Waals surface area contributed by atoms with Crippen molar-refractivity contribution in [2.75, 3.05) is 50.7 Å². The molecule has 0 aliphatic carbocycles. The molecule has 2 aromatic rings. The highest BCUT2D eigenvalue weighted by molar-refractivity contribution is 5.97. The number of nitrogens with one attached hydrogen (secondary N) is 1. The highest BCUT2D eigenvalue weighted by atomic mass is 35.5. The summed E-state index contributed by atoms with van der Waals surface area (Å²) < 4.78 is 41.4. The van der Waals surface area contributed by atoms with Crippen LogP contribution < -0.4 is 10.2 Å². The van der Waals surface area contributed by atoms with Crippen molar-refractivity contribution in [1.82, 2.24) is 20.1 Å². The van der Waals surface area contributed by atoms with Gasteiger partial charge in [-0.15, -0.1) is 24.8 Å². The number of amides is 1. The first-order chi connectivity index (χ1) is 17.6. The molecular weight excluding hydrogens is 550 g/mol. The van der Waals surface area contributed by atoms with Gasteiger partial charge in [0.05, 0.1) is 12.2 Å². The molecule has 1 aromatic heterocycles. The average Bonchev–Trinajstić information content (AvgIpc) is 3.37. The molecule has 39 heavy (non-hydrogen) atoms.